The van der Waals surface area contributed by atoms with E-state index in [4.69, 9.17) is 9.84 Å². The molecule has 1 N–H and O–H groups in total. The van der Waals surface area contributed by atoms with Gasteiger partial charge in [0.25, 0.3) is 0 Å². The summed E-state index contributed by atoms with van der Waals surface area (Å²) in [5.41, 5.74) is -0.754. The van der Waals surface area contributed by atoms with Gasteiger partial charge in [-0.1, -0.05) is 26.8 Å². The van der Waals surface area contributed by atoms with Crippen molar-refractivity contribution in [1.82, 2.24) is 0 Å². The molecule has 0 amide bonds. The molecular weight excluding hydrogens is 232 g/mol. The van der Waals surface area contributed by atoms with Gasteiger partial charge >= 0.3 is 11.9 Å². The van der Waals surface area contributed by atoms with Gasteiger partial charge in [0.15, 0.2) is 0 Å². The lowest BCUT2D eigenvalue weighted by molar-refractivity contribution is -0.150. The van der Waals surface area contributed by atoms with Crippen LogP contribution in [0.25, 0.3) is 0 Å². The van der Waals surface area contributed by atoms with Crippen molar-refractivity contribution in [3.8, 4) is 0 Å². The highest BCUT2D eigenvalue weighted by Crippen LogP contribution is 2.59. The molecule has 1 aliphatic carbocycles. The number of ether oxygens (including phenoxy) is 1. The standard InChI is InChI=1S/C14H22O4/c1-6-13(2,3)18-10(15)8-7-9-11(12(16)17)14(9,4)5/h7-9,11H,6H2,1-5H3,(H,16,17). The average molecular weight is 254 g/mol. The molecule has 1 rings (SSSR count). The Morgan fingerprint density at radius 1 is 1.39 bits per heavy atom. The Labute approximate surface area is 108 Å². The Balaban J connectivity index is 2.57. The van der Waals surface area contributed by atoms with Crippen molar-refractivity contribution in [2.45, 2.75) is 46.6 Å². The summed E-state index contributed by atoms with van der Waals surface area (Å²) in [7, 11) is 0. The molecule has 1 saturated carbocycles. The van der Waals surface area contributed by atoms with Gasteiger partial charge < -0.3 is 9.84 Å². The summed E-state index contributed by atoms with van der Waals surface area (Å²) in [5, 5.41) is 9.00. The third-order valence-electron chi connectivity index (χ3n) is 3.84. The highest BCUT2D eigenvalue weighted by molar-refractivity contribution is 5.83. The fourth-order valence-corrected chi connectivity index (χ4v) is 2.07. The van der Waals surface area contributed by atoms with Crippen molar-refractivity contribution in [3.05, 3.63) is 12.2 Å². The first-order valence-corrected chi connectivity index (χ1v) is 6.26. The Kier molecular flexibility index (Phi) is 3.89. The van der Waals surface area contributed by atoms with E-state index < -0.39 is 23.5 Å². The number of carboxylic acids is 1. The van der Waals surface area contributed by atoms with E-state index in [1.165, 1.54) is 6.08 Å². The number of allylic oxidation sites excluding steroid dienone is 1. The molecular formula is C14H22O4. The number of carboxylic acid groups (broad SMARTS) is 1. The summed E-state index contributed by atoms with van der Waals surface area (Å²) >= 11 is 0. The summed E-state index contributed by atoms with van der Waals surface area (Å²) in [5.74, 6) is -1.71. The van der Waals surface area contributed by atoms with Gasteiger partial charge in [-0.05, 0) is 31.6 Å². The van der Waals surface area contributed by atoms with Crippen LogP contribution >= 0.6 is 0 Å². The lowest BCUT2D eigenvalue weighted by Gasteiger charge is -2.22. The first kappa shape index (κ1) is 14.7. The lowest BCUT2D eigenvalue weighted by Crippen LogP contribution is -2.26. The maximum Gasteiger partial charge on any atom is 0.330 e. The molecule has 0 bridgehead atoms. The van der Waals surface area contributed by atoms with Crippen LogP contribution in [0.3, 0.4) is 0 Å². The number of rotatable bonds is 5. The van der Waals surface area contributed by atoms with Crippen molar-refractivity contribution in [2.75, 3.05) is 0 Å². The van der Waals surface area contributed by atoms with E-state index in [2.05, 4.69) is 0 Å². The molecule has 0 radical (unpaired) electrons. The van der Waals surface area contributed by atoms with E-state index in [0.29, 0.717) is 0 Å². The Hall–Kier alpha value is -1.32. The maximum absolute atomic E-state index is 11.6. The average Bonchev–Trinajstić information content (AvgIpc) is 2.77. The largest absolute Gasteiger partial charge is 0.481 e. The zero-order chi connectivity index (χ0) is 14.1. The molecule has 0 aromatic carbocycles. The Morgan fingerprint density at radius 2 is 1.94 bits per heavy atom. The minimum atomic E-state index is -0.808. The number of hydrogen-bond donors (Lipinski definition) is 1. The zero-order valence-corrected chi connectivity index (χ0v) is 11.7. The molecule has 0 saturated heterocycles. The van der Waals surface area contributed by atoms with Crippen molar-refractivity contribution in [3.63, 3.8) is 0 Å². The fourth-order valence-electron chi connectivity index (χ4n) is 2.07. The van der Waals surface area contributed by atoms with Crippen LogP contribution in [0.15, 0.2) is 12.2 Å². The van der Waals surface area contributed by atoms with Crippen molar-refractivity contribution in [2.24, 2.45) is 17.3 Å². The zero-order valence-electron chi connectivity index (χ0n) is 11.7. The highest BCUT2D eigenvalue weighted by atomic mass is 16.6. The SMILES string of the molecule is CCC(C)(C)OC(=O)C=CC1C(C(=O)O)C1(C)C. The molecule has 1 fully saturated rings. The van der Waals surface area contributed by atoms with Crippen molar-refractivity contribution >= 4 is 11.9 Å². The molecule has 4 heteroatoms. The van der Waals surface area contributed by atoms with Crippen LogP contribution in [-0.2, 0) is 14.3 Å². The molecule has 2 atom stereocenters. The third-order valence-corrected chi connectivity index (χ3v) is 3.84. The van der Waals surface area contributed by atoms with Crippen LogP contribution in [0, 0.1) is 17.3 Å². The number of carbonyl (C=O) groups is 2. The third kappa shape index (κ3) is 3.12. The van der Waals surface area contributed by atoms with Crippen molar-refractivity contribution in [1.29, 1.82) is 0 Å². The quantitative estimate of drug-likeness (QED) is 0.605. The molecule has 102 valence electrons. The van der Waals surface area contributed by atoms with Gasteiger partial charge in [0, 0.05) is 6.08 Å². The van der Waals surface area contributed by atoms with E-state index >= 15 is 0 Å². The van der Waals surface area contributed by atoms with E-state index in [1.807, 2.05) is 34.6 Å². The van der Waals surface area contributed by atoms with Crippen LogP contribution in [-0.4, -0.2) is 22.6 Å². The molecule has 4 nitrogen and oxygen atoms in total. The second-order valence-corrected chi connectivity index (χ2v) is 6.06. The fraction of sp³-hybridized carbons (Fsp3) is 0.714. The molecule has 0 spiro atoms. The van der Waals surface area contributed by atoms with Gasteiger partial charge in [-0.3, -0.25) is 4.79 Å². The molecule has 2 unspecified atom stereocenters. The first-order valence-electron chi connectivity index (χ1n) is 6.26. The van der Waals surface area contributed by atoms with Gasteiger partial charge in [-0.2, -0.15) is 0 Å². The van der Waals surface area contributed by atoms with E-state index in [0.717, 1.165) is 6.42 Å². The minimum absolute atomic E-state index is 0.0905. The second-order valence-electron chi connectivity index (χ2n) is 6.06. The summed E-state index contributed by atoms with van der Waals surface area (Å²) in [4.78, 5) is 22.5. The van der Waals surface area contributed by atoms with Gasteiger partial charge in [-0.25, -0.2) is 4.79 Å². The predicted octanol–water partition coefficient (Wildman–Crippen LogP) is 2.63. The molecule has 0 aromatic rings. The van der Waals surface area contributed by atoms with Crippen LogP contribution in [0.5, 0.6) is 0 Å². The monoisotopic (exact) mass is 254 g/mol. The van der Waals surface area contributed by atoms with Crippen LogP contribution < -0.4 is 0 Å². The molecule has 1 aliphatic rings. The van der Waals surface area contributed by atoms with Crippen LogP contribution in [0.2, 0.25) is 0 Å². The normalized spacial score (nSPS) is 26.1. The maximum atomic E-state index is 11.6. The number of esters is 1. The molecule has 18 heavy (non-hydrogen) atoms. The Bertz CT molecular complexity index is 379. The first-order chi connectivity index (χ1) is 8.12. The van der Waals surface area contributed by atoms with E-state index in [-0.39, 0.29) is 11.3 Å². The van der Waals surface area contributed by atoms with Gasteiger partial charge in [0.05, 0.1) is 5.92 Å². The minimum Gasteiger partial charge on any atom is -0.481 e. The number of aliphatic carboxylic acids is 1. The van der Waals surface area contributed by atoms with Crippen molar-refractivity contribution < 1.29 is 19.4 Å². The summed E-state index contributed by atoms with van der Waals surface area (Å²) in [6.07, 6.45) is 3.75. The number of carbonyl (C=O) groups excluding carboxylic acids is 1. The van der Waals surface area contributed by atoms with Gasteiger partial charge in [0.1, 0.15) is 5.60 Å². The van der Waals surface area contributed by atoms with E-state index in [1.54, 1.807) is 6.08 Å². The number of hydrogen-bond acceptors (Lipinski definition) is 3. The topological polar surface area (TPSA) is 63.6 Å². The molecule has 0 aliphatic heterocycles. The summed E-state index contributed by atoms with van der Waals surface area (Å²) in [6.45, 7) is 9.42. The molecule has 0 heterocycles. The van der Waals surface area contributed by atoms with E-state index in [9.17, 15) is 9.59 Å². The Morgan fingerprint density at radius 3 is 2.33 bits per heavy atom. The molecule has 0 aromatic heterocycles. The van der Waals surface area contributed by atoms with Crippen LogP contribution in [0.4, 0.5) is 0 Å². The second kappa shape index (κ2) is 4.75. The lowest BCUT2D eigenvalue weighted by atomic mass is 10.1. The smallest absolute Gasteiger partial charge is 0.330 e. The summed E-state index contributed by atoms with van der Waals surface area (Å²) < 4.78 is 5.26. The van der Waals surface area contributed by atoms with Crippen LogP contribution in [0.1, 0.15) is 41.0 Å². The van der Waals surface area contributed by atoms with Gasteiger partial charge in [-0.15, -0.1) is 0 Å². The van der Waals surface area contributed by atoms with Gasteiger partial charge in [0.2, 0.25) is 0 Å². The summed E-state index contributed by atoms with van der Waals surface area (Å²) in [6, 6.07) is 0. The predicted molar refractivity (Wildman–Crippen MR) is 68.0 cm³/mol. The highest BCUT2D eigenvalue weighted by Gasteiger charge is 2.60.